The topological polar surface area (TPSA) is 17.1 Å². The summed E-state index contributed by atoms with van der Waals surface area (Å²) < 4.78 is 0.417. The molecule has 41 valence electrons. The summed E-state index contributed by atoms with van der Waals surface area (Å²) >= 11 is -1.03. The zero-order chi connectivity index (χ0) is 5.15. The molecule has 0 aromatic heterocycles. The third-order valence-electron chi connectivity index (χ3n) is 0.445. The van der Waals surface area contributed by atoms with Crippen LogP contribution in [0.25, 0.3) is 0 Å². The molecule has 0 atom stereocenters. The van der Waals surface area contributed by atoms with Crippen molar-refractivity contribution in [3.8, 4) is 0 Å². The summed E-state index contributed by atoms with van der Waals surface area (Å²) in [5.74, 6) is 0. The van der Waals surface area contributed by atoms with Crippen LogP contribution >= 0.6 is 0 Å². The van der Waals surface area contributed by atoms with E-state index < -0.39 is 17.3 Å². The third kappa shape index (κ3) is 2.59. The molecule has 6 heavy (non-hydrogen) atoms. The van der Waals surface area contributed by atoms with Crippen molar-refractivity contribution >= 4 is 4.17 Å². The van der Waals surface area contributed by atoms with Gasteiger partial charge in [-0.05, 0) is 0 Å². The van der Waals surface area contributed by atoms with E-state index in [1.54, 1.807) is 6.92 Å². The van der Waals surface area contributed by atoms with Gasteiger partial charge in [0.05, 0.1) is 0 Å². The Balaban J connectivity index is 3.26. The van der Waals surface area contributed by atoms with E-state index in [0.29, 0.717) is 4.17 Å². The van der Waals surface area contributed by atoms with Gasteiger partial charge in [0.25, 0.3) is 0 Å². The Labute approximate surface area is 44.3 Å². The fourth-order valence-electron chi connectivity index (χ4n) is 0. The van der Waals surface area contributed by atoms with Crippen molar-refractivity contribution in [2.75, 3.05) is 0 Å². The molecule has 0 radical (unpaired) electrons. The van der Waals surface area contributed by atoms with E-state index >= 15 is 0 Å². The summed E-state index contributed by atoms with van der Waals surface area (Å²) in [6.45, 7) is 1.67. The van der Waals surface area contributed by atoms with Crippen LogP contribution in [0.1, 0.15) is 6.92 Å². The van der Waals surface area contributed by atoms with Crippen LogP contribution in [0.5, 0.6) is 0 Å². The number of hydrogen-bond acceptors (Lipinski definition) is 1. The quantitative estimate of drug-likeness (QED) is 0.699. The van der Waals surface area contributed by atoms with Crippen LogP contribution in [0.15, 0.2) is 0 Å². The molecule has 0 rings (SSSR count). The average molecular weight is 268 g/mol. The Kier molecular flexibility index (Phi) is 2.67. The normalized spacial score (nSPS) is 10.8. The molecule has 1 nitrogen and oxygen atoms in total. The van der Waals surface area contributed by atoms with Crippen molar-refractivity contribution in [3.05, 3.63) is 0 Å². The van der Waals surface area contributed by atoms with Gasteiger partial charge in [0.2, 0.25) is 0 Å². The first-order chi connectivity index (χ1) is 2.64. The van der Waals surface area contributed by atoms with Gasteiger partial charge in [-0.25, -0.2) is 0 Å². The fourth-order valence-corrected chi connectivity index (χ4v) is 0. The summed E-state index contributed by atoms with van der Waals surface area (Å²) in [5.41, 5.74) is 0. The first-order valence-electron chi connectivity index (χ1n) is 1.49. The molecule has 0 heterocycles. The maximum absolute atomic E-state index is 10.2. The first kappa shape index (κ1) is 6.36. The van der Waals surface area contributed by atoms with Gasteiger partial charge in [-0.3, -0.25) is 0 Å². The van der Waals surface area contributed by atoms with Crippen LogP contribution < -0.4 is 0 Å². The molecule has 0 bridgehead atoms. The van der Waals surface area contributed by atoms with Crippen LogP contribution in [-0.2, 0) is 22.1 Å². The van der Waals surface area contributed by atoms with Crippen molar-refractivity contribution < 1.29 is 22.1 Å². The predicted molar refractivity (Wildman–Crippen MR) is 22.4 cm³/mol. The minimum atomic E-state index is -1.03. The van der Waals surface area contributed by atoms with Gasteiger partial charge < -0.3 is 0 Å². The molecule has 0 unspecified atom stereocenters. The van der Waals surface area contributed by atoms with E-state index in [-0.39, 0.29) is 0 Å². The van der Waals surface area contributed by atoms with E-state index in [4.69, 9.17) is 0 Å². The van der Waals surface area contributed by atoms with Crippen LogP contribution in [0.2, 0.25) is 10.6 Å². The second-order valence-electron chi connectivity index (χ2n) is 1.06. The van der Waals surface area contributed by atoms with Crippen molar-refractivity contribution in [1.29, 1.82) is 0 Å². The third-order valence-corrected chi connectivity index (χ3v) is 3.65. The summed E-state index contributed by atoms with van der Waals surface area (Å²) in [6, 6.07) is 0. The van der Waals surface area contributed by atoms with Crippen LogP contribution in [0.4, 0.5) is 0 Å². The van der Waals surface area contributed by atoms with Gasteiger partial charge in [-0.15, -0.1) is 0 Å². The Morgan fingerprint density at radius 2 is 1.67 bits per heavy atom. The monoisotopic (exact) mass is 268 g/mol. The molecule has 0 fully saturated rings. The van der Waals surface area contributed by atoms with Crippen LogP contribution in [0.3, 0.4) is 0 Å². The molecule has 2 heteroatoms. The molecule has 0 N–H and O–H groups in total. The van der Waals surface area contributed by atoms with Crippen molar-refractivity contribution in [1.82, 2.24) is 0 Å². The molecule has 0 aromatic rings. The van der Waals surface area contributed by atoms with E-state index in [9.17, 15) is 4.79 Å². The molecule has 0 spiro atoms. The number of carbonyl (C=O) groups excluding carboxylic acids is 1. The molecular weight excluding hydrogens is 259 g/mol. The molecule has 0 aliphatic rings. The van der Waals surface area contributed by atoms with Gasteiger partial charge >= 0.3 is 43.8 Å². The van der Waals surface area contributed by atoms with E-state index in [2.05, 4.69) is 0 Å². The summed E-state index contributed by atoms with van der Waals surface area (Å²) in [5, 5.41) is 4.10. The number of carbonyl (C=O) groups is 1. The van der Waals surface area contributed by atoms with E-state index in [1.165, 1.54) is 0 Å². The fraction of sp³-hybridized carbons (Fsp3) is 0.750. The molecule has 0 aromatic carbocycles. The average Bonchev–Trinajstić information content (AvgIpc) is 1.36. The number of hydrogen-bond donors (Lipinski definition) is 0. The second-order valence-corrected chi connectivity index (χ2v) is 7.20. The van der Waals surface area contributed by atoms with E-state index in [0.717, 1.165) is 0 Å². The van der Waals surface area contributed by atoms with Gasteiger partial charge in [-0.2, -0.15) is 0 Å². The SMILES string of the molecule is C[C](=O)[Pt]([CH3])[CH3]. The van der Waals surface area contributed by atoms with Crippen LogP contribution in [0, 0.1) is 0 Å². The molecule has 0 saturated carbocycles. The Bertz CT molecular complexity index is 58.6. The van der Waals surface area contributed by atoms with Crippen molar-refractivity contribution in [2.24, 2.45) is 0 Å². The molecule has 0 amide bonds. The van der Waals surface area contributed by atoms with Gasteiger partial charge in [-0.1, -0.05) is 0 Å². The molecule has 0 saturated heterocycles. The van der Waals surface area contributed by atoms with Crippen molar-refractivity contribution in [3.63, 3.8) is 0 Å². The van der Waals surface area contributed by atoms with Gasteiger partial charge in [0.1, 0.15) is 0 Å². The summed E-state index contributed by atoms with van der Waals surface area (Å²) in [6.07, 6.45) is 0. The van der Waals surface area contributed by atoms with Gasteiger partial charge in [0, 0.05) is 0 Å². The molecule has 0 aliphatic heterocycles. The summed E-state index contributed by atoms with van der Waals surface area (Å²) in [7, 11) is 0. The van der Waals surface area contributed by atoms with Gasteiger partial charge in [0.15, 0.2) is 0 Å². The number of rotatable bonds is 1. The second kappa shape index (κ2) is 2.52. The zero-order valence-corrected chi connectivity index (χ0v) is 6.50. The molecule has 0 aliphatic carbocycles. The summed E-state index contributed by atoms with van der Waals surface area (Å²) in [4.78, 5) is 10.2. The standard InChI is InChI=1S/C2H3O.2CH3.Pt/c1-2-3;;;/h1H3;2*1H3;. The van der Waals surface area contributed by atoms with E-state index in [1.807, 2.05) is 10.6 Å². The molecular formula is C4H9OPt. The maximum atomic E-state index is 10.2. The van der Waals surface area contributed by atoms with Crippen molar-refractivity contribution in [2.45, 2.75) is 17.6 Å². The first-order valence-corrected chi connectivity index (χ1v) is 7.18. The Hall–Kier alpha value is 0.358. The Morgan fingerprint density at radius 1 is 1.50 bits per heavy atom. The minimum absolute atomic E-state index is 0.417. The zero-order valence-electron chi connectivity index (χ0n) is 4.22. The predicted octanol–water partition coefficient (Wildman–Crippen LogP) is 1.25. The Morgan fingerprint density at radius 3 is 1.67 bits per heavy atom. The van der Waals surface area contributed by atoms with Crippen LogP contribution in [-0.4, -0.2) is 4.17 Å².